The summed E-state index contributed by atoms with van der Waals surface area (Å²) >= 11 is 0. The third kappa shape index (κ3) is 6.55. The Labute approximate surface area is 240 Å². The van der Waals surface area contributed by atoms with Crippen molar-refractivity contribution < 1.29 is 17.9 Å². The summed E-state index contributed by atoms with van der Waals surface area (Å²) in [6.45, 7) is 8.47. The minimum Gasteiger partial charge on any atom is -0.497 e. The Kier molecular flexibility index (Phi) is 9.95. The maximum atomic E-state index is 13.9. The van der Waals surface area contributed by atoms with Crippen molar-refractivity contribution in [2.45, 2.75) is 88.6 Å². The minimum absolute atomic E-state index is 0.220. The highest BCUT2D eigenvalue weighted by Gasteiger charge is 2.37. The molecule has 0 aliphatic carbocycles. The van der Waals surface area contributed by atoms with Crippen LogP contribution in [0.4, 0.5) is 5.82 Å². The van der Waals surface area contributed by atoms with Crippen LogP contribution in [0.15, 0.2) is 29.3 Å². The van der Waals surface area contributed by atoms with Gasteiger partial charge in [0.05, 0.1) is 18.0 Å². The SMILES string of the molecule is CCCCC1(N(C)C)CCN(c2ccnc(OCC3CCCCN3S(=O)(=O)c3c(C)cc(OC)cc3C)n2)CC1. The number of sulfonamides is 1. The van der Waals surface area contributed by atoms with Crippen LogP contribution in [0.25, 0.3) is 0 Å². The second kappa shape index (κ2) is 13.0. The first-order valence-corrected chi connectivity index (χ1v) is 16.1. The van der Waals surface area contributed by atoms with E-state index in [9.17, 15) is 8.42 Å². The van der Waals surface area contributed by atoms with Crippen molar-refractivity contribution in [3.63, 3.8) is 0 Å². The number of hydrogen-bond donors (Lipinski definition) is 0. The smallest absolute Gasteiger partial charge is 0.318 e. The van der Waals surface area contributed by atoms with Crippen molar-refractivity contribution in [2.75, 3.05) is 52.3 Å². The average molecular weight is 574 g/mol. The molecule has 2 saturated heterocycles. The van der Waals surface area contributed by atoms with Gasteiger partial charge in [0.25, 0.3) is 0 Å². The summed E-state index contributed by atoms with van der Waals surface area (Å²) in [4.78, 5) is 14.2. The number of aryl methyl sites for hydroxylation is 2. The number of anilines is 1. The first-order valence-electron chi connectivity index (χ1n) is 14.7. The molecule has 0 spiro atoms. The molecule has 1 atom stereocenters. The fourth-order valence-electron chi connectivity index (χ4n) is 6.34. The van der Waals surface area contributed by atoms with Gasteiger partial charge in [-0.25, -0.2) is 13.4 Å². The van der Waals surface area contributed by atoms with E-state index >= 15 is 0 Å². The summed E-state index contributed by atoms with van der Waals surface area (Å²) < 4.78 is 40.8. The first-order chi connectivity index (χ1) is 19.1. The number of ether oxygens (including phenoxy) is 2. The number of piperidine rings is 2. The van der Waals surface area contributed by atoms with Gasteiger partial charge >= 0.3 is 6.01 Å². The molecule has 4 rings (SSSR count). The van der Waals surface area contributed by atoms with Crippen molar-refractivity contribution in [2.24, 2.45) is 0 Å². The Bertz CT molecular complexity index is 1220. The molecular weight excluding hydrogens is 526 g/mol. The lowest BCUT2D eigenvalue weighted by atomic mass is 9.82. The third-order valence-electron chi connectivity index (χ3n) is 8.80. The molecule has 2 aliphatic heterocycles. The molecule has 2 fully saturated rings. The number of aromatic nitrogens is 2. The first kappa shape index (κ1) is 30.5. The number of hydrogen-bond acceptors (Lipinski definition) is 8. The molecule has 222 valence electrons. The lowest BCUT2D eigenvalue weighted by Crippen LogP contribution is -2.52. The maximum Gasteiger partial charge on any atom is 0.318 e. The summed E-state index contributed by atoms with van der Waals surface area (Å²) in [7, 11) is 2.29. The largest absolute Gasteiger partial charge is 0.497 e. The predicted molar refractivity (Wildman–Crippen MR) is 159 cm³/mol. The normalized spacial score (nSPS) is 20.1. The van der Waals surface area contributed by atoms with Crippen LogP contribution in [-0.4, -0.2) is 86.6 Å². The molecule has 2 aliphatic rings. The molecule has 0 bridgehead atoms. The van der Waals surface area contributed by atoms with Crippen molar-refractivity contribution in [3.05, 3.63) is 35.5 Å². The zero-order chi connectivity index (χ0) is 28.9. The van der Waals surface area contributed by atoms with Crippen molar-refractivity contribution in [3.8, 4) is 11.8 Å². The van der Waals surface area contributed by atoms with Gasteiger partial charge in [-0.3, -0.25) is 0 Å². The van der Waals surface area contributed by atoms with Crippen LogP contribution < -0.4 is 14.4 Å². The van der Waals surface area contributed by atoms with Crippen LogP contribution in [-0.2, 0) is 10.0 Å². The molecule has 2 aromatic rings. The van der Waals surface area contributed by atoms with Gasteiger partial charge in [-0.05, 0) is 89.4 Å². The number of methoxy groups -OCH3 is 1. The number of unbranched alkanes of at least 4 members (excludes halogenated alkanes) is 1. The fourth-order valence-corrected chi connectivity index (χ4v) is 8.43. The van der Waals surface area contributed by atoms with Gasteiger partial charge in [0.1, 0.15) is 18.2 Å². The van der Waals surface area contributed by atoms with Gasteiger partial charge in [0.2, 0.25) is 10.0 Å². The highest BCUT2D eigenvalue weighted by molar-refractivity contribution is 7.89. The second-order valence-corrected chi connectivity index (χ2v) is 13.4. The van der Waals surface area contributed by atoms with E-state index in [1.165, 1.54) is 19.3 Å². The monoisotopic (exact) mass is 573 g/mol. The fraction of sp³-hybridized carbons (Fsp3) is 0.667. The molecule has 10 heteroatoms. The van der Waals surface area contributed by atoms with Gasteiger partial charge in [-0.2, -0.15) is 9.29 Å². The number of benzene rings is 1. The van der Waals surface area contributed by atoms with E-state index in [0.717, 1.165) is 51.0 Å². The Morgan fingerprint density at radius 2 is 1.80 bits per heavy atom. The molecule has 9 nitrogen and oxygen atoms in total. The molecule has 40 heavy (non-hydrogen) atoms. The summed E-state index contributed by atoms with van der Waals surface area (Å²) in [5.41, 5.74) is 1.62. The zero-order valence-electron chi connectivity index (χ0n) is 25.1. The van der Waals surface area contributed by atoms with Crippen molar-refractivity contribution >= 4 is 15.8 Å². The summed E-state index contributed by atoms with van der Waals surface area (Å²) in [5.74, 6) is 1.53. The van der Waals surface area contributed by atoms with Crippen LogP contribution in [0.2, 0.25) is 0 Å². The van der Waals surface area contributed by atoms with Crippen LogP contribution in [0.5, 0.6) is 11.8 Å². The van der Waals surface area contributed by atoms with E-state index in [0.29, 0.717) is 34.3 Å². The topological polar surface area (TPSA) is 88.1 Å². The van der Waals surface area contributed by atoms with Gasteiger partial charge in [-0.1, -0.05) is 26.2 Å². The van der Waals surface area contributed by atoms with Crippen molar-refractivity contribution in [1.82, 2.24) is 19.2 Å². The van der Waals surface area contributed by atoms with Crippen LogP contribution in [0, 0.1) is 13.8 Å². The van der Waals surface area contributed by atoms with Gasteiger partial charge in [-0.15, -0.1) is 0 Å². The molecule has 1 aromatic heterocycles. The Morgan fingerprint density at radius 1 is 1.10 bits per heavy atom. The summed E-state index contributed by atoms with van der Waals surface area (Å²) in [5, 5.41) is 0. The van der Waals surface area contributed by atoms with Gasteiger partial charge in [0.15, 0.2) is 0 Å². The molecule has 0 amide bonds. The van der Waals surface area contributed by atoms with Crippen LogP contribution in [0.3, 0.4) is 0 Å². The van der Waals surface area contributed by atoms with Crippen LogP contribution >= 0.6 is 0 Å². The Balaban J connectivity index is 1.44. The number of rotatable bonds is 11. The molecule has 0 N–H and O–H groups in total. The summed E-state index contributed by atoms with van der Waals surface area (Å²) in [6.07, 6.45) is 10.1. The van der Waals surface area contributed by atoms with E-state index in [-0.39, 0.29) is 18.2 Å². The van der Waals surface area contributed by atoms with E-state index in [1.54, 1.807) is 29.7 Å². The number of nitrogens with zero attached hydrogens (tertiary/aromatic N) is 5. The van der Waals surface area contributed by atoms with E-state index in [4.69, 9.17) is 14.5 Å². The van der Waals surface area contributed by atoms with E-state index in [2.05, 4.69) is 35.8 Å². The third-order valence-corrected chi connectivity index (χ3v) is 11.1. The molecular formula is C30H47N5O4S. The second-order valence-electron chi connectivity index (χ2n) is 11.6. The van der Waals surface area contributed by atoms with E-state index in [1.807, 2.05) is 19.9 Å². The maximum absolute atomic E-state index is 13.9. The zero-order valence-corrected chi connectivity index (χ0v) is 26.0. The summed E-state index contributed by atoms with van der Waals surface area (Å²) in [6, 6.07) is 5.52. The molecule has 3 heterocycles. The highest BCUT2D eigenvalue weighted by atomic mass is 32.2. The molecule has 0 saturated carbocycles. The molecule has 0 radical (unpaired) electrons. The van der Waals surface area contributed by atoms with Crippen molar-refractivity contribution in [1.29, 1.82) is 0 Å². The predicted octanol–water partition coefficient (Wildman–Crippen LogP) is 4.82. The Morgan fingerprint density at radius 3 is 2.42 bits per heavy atom. The van der Waals surface area contributed by atoms with Gasteiger partial charge in [0, 0.05) is 31.4 Å². The van der Waals surface area contributed by atoms with Crippen LogP contribution in [0.1, 0.15) is 69.4 Å². The average Bonchev–Trinajstić information content (AvgIpc) is 2.95. The van der Waals surface area contributed by atoms with E-state index < -0.39 is 10.0 Å². The molecule has 1 aromatic carbocycles. The quantitative estimate of drug-likeness (QED) is 0.378. The highest BCUT2D eigenvalue weighted by Crippen LogP contribution is 2.34. The lowest BCUT2D eigenvalue weighted by molar-refractivity contribution is 0.103. The molecule has 1 unspecified atom stereocenters. The van der Waals surface area contributed by atoms with Gasteiger partial charge < -0.3 is 19.3 Å². The Hall–Kier alpha value is -2.43. The minimum atomic E-state index is -3.71. The standard InChI is InChI=1S/C30H47N5O4S/c1-7-8-13-30(33(4)5)14-18-34(19-15-30)27-12-16-31-29(32-27)39-22-25-11-9-10-17-35(25)40(36,37)28-23(2)20-26(38-6)21-24(28)3/h12,16,20-21,25H,7-11,13-15,17-19,22H2,1-6H3. The lowest BCUT2D eigenvalue weighted by Gasteiger charge is -2.46.